The second-order valence-electron chi connectivity index (χ2n) is 4.97. The predicted molar refractivity (Wildman–Crippen MR) is 63.2 cm³/mol. The Hall–Kier alpha value is -1.02. The minimum atomic E-state index is 0.376. The Labute approximate surface area is 91.1 Å². The van der Waals surface area contributed by atoms with Crippen LogP contribution in [0.3, 0.4) is 0 Å². The van der Waals surface area contributed by atoms with E-state index in [1.54, 1.807) is 0 Å². The highest BCUT2D eigenvalue weighted by atomic mass is 15.2. The highest BCUT2D eigenvalue weighted by Crippen LogP contribution is 2.36. The molecule has 0 bridgehead atoms. The molecular weight excluding hydrogens is 184 g/mol. The molecule has 0 saturated carbocycles. The summed E-state index contributed by atoms with van der Waals surface area (Å²) in [5.41, 5.74) is 10.4. The quantitative estimate of drug-likeness (QED) is 0.695. The standard InChI is InChI=1S/C13H18N2/c1-9-2-3-10-4-5-12-7-11(14)8-15(12)13(10)6-9/h2-3,6,11-12H,4-5,7-8,14H2,1H3. The number of anilines is 1. The van der Waals surface area contributed by atoms with Gasteiger partial charge in [0.2, 0.25) is 0 Å². The first kappa shape index (κ1) is 9.22. The zero-order valence-electron chi connectivity index (χ0n) is 9.24. The SMILES string of the molecule is Cc1ccc2c(c1)N1CC(N)CC1CC2. The fraction of sp³-hybridized carbons (Fsp3) is 0.538. The fourth-order valence-electron chi connectivity index (χ4n) is 3.00. The number of hydrogen-bond donors (Lipinski definition) is 1. The van der Waals surface area contributed by atoms with Gasteiger partial charge in [-0.05, 0) is 43.4 Å². The summed E-state index contributed by atoms with van der Waals surface area (Å²) in [5, 5.41) is 0. The van der Waals surface area contributed by atoms with Crippen molar-refractivity contribution in [1.29, 1.82) is 0 Å². The molecule has 1 aromatic carbocycles. The first-order chi connectivity index (χ1) is 7.24. The predicted octanol–water partition coefficient (Wildman–Crippen LogP) is 1.85. The van der Waals surface area contributed by atoms with Gasteiger partial charge < -0.3 is 10.6 Å². The molecule has 0 aliphatic carbocycles. The number of nitrogens with two attached hydrogens (primary N) is 1. The smallest absolute Gasteiger partial charge is 0.0404 e. The molecule has 0 spiro atoms. The summed E-state index contributed by atoms with van der Waals surface area (Å²) in [5.74, 6) is 0. The van der Waals surface area contributed by atoms with E-state index in [1.165, 1.54) is 36.1 Å². The lowest BCUT2D eigenvalue weighted by Gasteiger charge is -2.33. The Morgan fingerprint density at radius 3 is 3.13 bits per heavy atom. The van der Waals surface area contributed by atoms with Crippen molar-refractivity contribution in [1.82, 2.24) is 0 Å². The third kappa shape index (κ3) is 1.44. The molecule has 2 nitrogen and oxygen atoms in total. The Kier molecular flexibility index (Phi) is 1.99. The number of fused-ring (bicyclic) bond motifs is 3. The van der Waals surface area contributed by atoms with E-state index in [0.717, 1.165) is 6.54 Å². The molecule has 0 radical (unpaired) electrons. The maximum Gasteiger partial charge on any atom is 0.0404 e. The number of aryl methyl sites for hydroxylation is 2. The van der Waals surface area contributed by atoms with Crippen molar-refractivity contribution >= 4 is 5.69 Å². The van der Waals surface area contributed by atoms with Crippen molar-refractivity contribution < 1.29 is 0 Å². The Morgan fingerprint density at radius 1 is 1.40 bits per heavy atom. The molecule has 1 fully saturated rings. The second kappa shape index (κ2) is 3.24. The van der Waals surface area contributed by atoms with Gasteiger partial charge >= 0.3 is 0 Å². The first-order valence-corrected chi connectivity index (χ1v) is 5.86. The van der Waals surface area contributed by atoms with Crippen LogP contribution >= 0.6 is 0 Å². The van der Waals surface area contributed by atoms with Gasteiger partial charge in [0.05, 0.1) is 0 Å². The highest BCUT2D eigenvalue weighted by molar-refractivity contribution is 5.59. The third-order valence-electron chi connectivity index (χ3n) is 3.74. The molecule has 2 N–H and O–H groups in total. The van der Waals surface area contributed by atoms with Gasteiger partial charge in [-0.3, -0.25) is 0 Å². The lowest BCUT2D eigenvalue weighted by molar-refractivity contribution is 0.575. The molecule has 80 valence electrons. The van der Waals surface area contributed by atoms with Crippen LogP contribution in [0, 0.1) is 6.92 Å². The number of rotatable bonds is 0. The maximum absolute atomic E-state index is 6.05. The van der Waals surface area contributed by atoms with E-state index < -0.39 is 0 Å². The normalized spacial score (nSPS) is 28.8. The van der Waals surface area contributed by atoms with Crippen LogP contribution in [0.4, 0.5) is 5.69 Å². The molecule has 0 aromatic heterocycles. The lowest BCUT2D eigenvalue weighted by Crippen LogP contribution is -2.34. The summed E-state index contributed by atoms with van der Waals surface area (Å²) < 4.78 is 0. The van der Waals surface area contributed by atoms with Gasteiger partial charge in [-0.25, -0.2) is 0 Å². The van der Waals surface area contributed by atoms with Crippen molar-refractivity contribution in [2.45, 2.75) is 38.3 Å². The van der Waals surface area contributed by atoms with E-state index >= 15 is 0 Å². The van der Waals surface area contributed by atoms with E-state index in [-0.39, 0.29) is 0 Å². The molecular formula is C13H18N2. The molecule has 2 unspecified atom stereocenters. The van der Waals surface area contributed by atoms with Crippen molar-refractivity contribution in [3.63, 3.8) is 0 Å². The van der Waals surface area contributed by atoms with Gasteiger partial charge in [-0.2, -0.15) is 0 Å². The first-order valence-electron chi connectivity index (χ1n) is 5.86. The summed E-state index contributed by atoms with van der Waals surface area (Å²) >= 11 is 0. The minimum absolute atomic E-state index is 0.376. The molecule has 2 heterocycles. The van der Waals surface area contributed by atoms with E-state index in [1.807, 2.05) is 0 Å². The topological polar surface area (TPSA) is 29.3 Å². The second-order valence-corrected chi connectivity index (χ2v) is 4.97. The van der Waals surface area contributed by atoms with Gasteiger partial charge in [0, 0.05) is 24.3 Å². The van der Waals surface area contributed by atoms with Crippen LogP contribution < -0.4 is 10.6 Å². The minimum Gasteiger partial charge on any atom is -0.367 e. The van der Waals surface area contributed by atoms with E-state index in [9.17, 15) is 0 Å². The number of hydrogen-bond acceptors (Lipinski definition) is 2. The van der Waals surface area contributed by atoms with Crippen LogP contribution in [0.15, 0.2) is 18.2 Å². The van der Waals surface area contributed by atoms with Crippen molar-refractivity contribution in [2.24, 2.45) is 5.73 Å². The average Bonchev–Trinajstić information content (AvgIpc) is 2.58. The fourth-order valence-corrected chi connectivity index (χ4v) is 3.00. The highest BCUT2D eigenvalue weighted by Gasteiger charge is 2.33. The van der Waals surface area contributed by atoms with Crippen LogP contribution in [-0.4, -0.2) is 18.6 Å². The van der Waals surface area contributed by atoms with Crippen LogP contribution in [0.25, 0.3) is 0 Å². The molecule has 2 heteroatoms. The van der Waals surface area contributed by atoms with Gasteiger partial charge in [0.1, 0.15) is 0 Å². The molecule has 2 atom stereocenters. The van der Waals surface area contributed by atoms with Crippen LogP contribution in [0.2, 0.25) is 0 Å². The average molecular weight is 202 g/mol. The largest absolute Gasteiger partial charge is 0.367 e. The van der Waals surface area contributed by atoms with Gasteiger partial charge in [0.25, 0.3) is 0 Å². The molecule has 2 aliphatic rings. The summed E-state index contributed by atoms with van der Waals surface area (Å²) in [6.45, 7) is 3.21. The Bertz CT molecular complexity index is 386. The van der Waals surface area contributed by atoms with E-state index in [0.29, 0.717) is 12.1 Å². The van der Waals surface area contributed by atoms with Crippen LogP contribution in [0.1, 0.15) is 24.0 Å². The summed E-state index contributed by atoms with van der Waals surface area (Å²) in [4.78, 5) is 2.52. The Balaban J connectivity index is 2.03. The molecule has 1 aromatic rings. The lowest BCUT2D eigenvalue weighted by atomic mass is 9.95. The molecule has 3 rings (SSSR count). The number of benzene rings is 1. The number of nitrogens with zero attached hydrogens (tertiary/aromatic N) is 1. The monoisotopic (exact) mass is 202 g/mol. The van der Waals surface area contributed by atoms with Gasteiger partial charge in [0.15, 0.2) is 0 Å². The molecule has 2 aliphatic heterocycles. The third-order valence-corrected chi connectivity index (χ3v) is 3.74. The maximum atomic E-state index is 6.05. The molecule has 1 saturated heterocycles. The van der Waals surface area contributed by atoms with Crippen LogP contribution in [0.5, 0.6) is 0 Å². The molecule has 0 amide bonds. The van der Waals surface area contributed by atoms with Crippen molar-refractivity contribution in [2.75, 3.05) is 11.4 Å². The molecule has 15 heavy (non-hydrogen) atoms. The van der Waals surface area contributed by atoms with E-state index in [2.05, 4.69) is 30.0 Å². The van der Waals surface area contributed by atoms with Gasteiger partial charge in [-0.15, -0.1) is 0 Å². The van der Waals surface area contributed by atoms with E-state index in [4.69, 9.17) is 5.73 Å². The zero-order chi connectivity index (χ0) is 10.4. The van der Waals surface area contributed by atoms with Crippen molar-refractivity contribution in [3.05, 3.63) is 29.3 Å². The zero-order valence-corrected chi connectivity index (χ0v) is 9.24. The van der Waals surface area contributed by atoms with Gasteiger partial charge in [-0.1, -0.05) is 12.1 Å². The summed E-state index contributed by atoms with van der Waals surface area (Å²) in [6.07, 6.45) is 3.68. The van der Waals surface area contributed by atoms with Crippen molar-refractivity contribution in [3.8, 4) is 0 Å². The summed E-state index contributed by atoms with van der Waals surface area (Å²) in [7, 11) is 0. The summed E-state index contributed by atoms with van der Waals surface area (Å²) in [6, 6.07) is 7.90. The van der Waals surface area contributed by atoms with Crippen LogP contribution in [-0.2, 0) is 6.42 Å². The Morgan fingerprint density at radius 2 is 2.27 bits per heavy atom.